The molecule has 3 heteroatoms. The molecule has 1 heterocycles. The van der Waals surface area contributed by atoms with Crippen molar-refractivity contribution >= 4 is 17.4 Å². The third-order valence-corrected chi connectivity index (χ3v) is 3.24. The zero-order valence-corrected chi connectivity index (χ0v) is 10.9. The summed E-state index contributed by atoms with van der Waals surface area (Å²) in [6.07, 6.45) is 2.85. The maximum Gasteiger partial charge on any atom is 0.163 e. The minimum atomic E-state index is 0.0996. The first-order valence-corrected chi connectivity index (χ1v) is 6.24. The van der Waals surface area contributed by atoms with Crippen molar-refractivity contribution < 1.29 is 4.79 Å². The third kappa shape index (κ3) is 3.17. The van der Waals surface area contributed by atoms with Crippen LogP contribution in [-0.4, -0.2) is 10.8 Å². The summed E-state index contributed by atoms with van der Waals surface area (Å²) in [4.78, 5) is 16.2. The van der Waals surface area contributed by atoms with E-state index >= 15 is 0 Å². The molecule has 0 fully saturated rings. The quantitative estimate of drug-likeness (QED) is 0.781. The van der Waals surface area contributed by atoms with E-state index in [0.717, 1.165) is 11.3 Å². The molecular weight excluding hydrogens is 246 g/mol. The number of Topliss-reactive ketones (excluding diaryl/α,β-unsaturated/α-hetero) is 1. The van der Waals surface area contributed by atoms with Crippen LogP contribution in [0.15, 0.2) is 42.6 Å². The average Bonchev–Trinajstić information content (AvgIpc) is 2.40. The maximum absolute atomic E-state index is 12.0. The summed E-state index contributed by atoms with van der Waals surface area (Å²) < 4.78 is 0. The Balaban J connectivity index is 2.02. The molecule has 0 unspecified atom stereocenters. The Kier molecular flexibility index (Phi) is 4.11. The summed E-state index contributed by atoms with van der Waals surface area (Å²) in [5, 5.41) is 0.638. The Morgan fingerprint density at radius 2 is 2.11 bits per heavy atom. The van der Waals surface area contributed by atoms with Gasteiger partial charge in [0.25, 0.3) is 0 Å². The van der Waals surface area contributed by atoms with E-state index in [2.05, 4.69) is 4.98 Å². The molecule has 1 aromatic carbocycles. The smallest absolute Gasteiger partial charge is 0.163 e. The molecule has 0 saturated carbocycles. The van der Waals surface area contributed by atoms with E-state index in [-0.39, 0.29) is 5.78 Å². The topological polar surface area (TPSA) is 30.0 Å². The Bertz CT molecular complexity index is 552. The van der Waals surface area contributed by atoms with Crippen molar-refractivity contribution in [2.45, 2.75) is 19.8 Å². The van der Waals surface area contributed by atoms with Crippen LogP contribution in [0.2, 0.25) is 5.02 Å². The van der Waals surface area contributed by atoms with Crippen molar-refractivity contribution in [3.05, 3.63) is 64.4 Å². The van der Waals surface area contributed by atoms with E-state index < -0.39 is 0 Å². The van der Waals surface area contributed by atoms with E-state index in [1.54, 1.807) is 12.3 Å². The number of carbonyl (C=O) groups excluding carboxylic acids is 1. The highest BCUT2D eigenvalue weighted by Crippen LogP contribution is 2.18. The zero-order valence-electron chi connectivity index (χ0n) is 10.2. The van der Waals surface area contributed by atoms with Gasteiger partial charge in [0.15, 0.2) is 5.78 Å². The van der Waals surface area contributed by atoms with Gasteiger partial charge >= 0.3 is 0 Å². The number of pyridine rings is 1. The Hall–Kier alpha value is -1.67. The lowest BCUT2D eigenvalue weighted by molar-refractivity contribution is 0.0982. The van der Waals surface area contributed by atoms with Crippen LogP contribution in [0.25, 0.3) is 0 Å². The van der Waals surface area contributed by atoms with Crippen LogP contribution < -0.4 is 0 Å². The van der Waals surface area contributed by atoms with Crippen molar-refractivity contribution in [1.29, 1.82) is 0 Å². The SMILES string of the molecule is Cc1ccc(C(=O)CCc2ccccn2)cc1Cl. The lowest BCUT2D eigenvalue weighted by Gasteiger charge is -2.03. The van der Waals surface area contributed by atoms with Crippen LogP contribution in [0.4, 0.5) is 0 Å². The number of carbonyl (C=O) groups is 1. The highest BCUT2D eigenvalue weighted by Gasteiger charge is 2.08. The second-order valence-electron chi connectivity index (χ2n) is 4.21. The summed E-state index contributed by atoms with van der Waals surface area (Å²) in [6, 6.07) is 11.1. The van der Waals surface area contributed by atoms with Crippen molar-refractivity contribution in [2.75, 3.05) is 0 Å². The first-order valence-electron chi connectivity index (χ1n) is 5.86. The van der Waals surface area contributed by atoms with Crippen molar-refractivity contribution in [2.24, 2.45) is 0 Å². The molecular formula is C15H14ClNO. The molecule has 0 bridgehead atoms. The average molecular weight is 260 g/mol. The maximum atomic E-state index is 12.0. The van der Waals surface area contributed by atoms with Gasteiger partial charge in [-0.05, 0) is 37.1 Å². The molecule has 0 radical (unpaired) electrons. The van der Waals surface area contributed by atoms with Gasteiger partial charge in [-0.25, -0.2) is 0 Å². The number of hydrogen-bond acceptors (Lipinski definition) is 2. The number of aryl methyl sites for hydroxylation is 2. The number of ketones is 1. The molecule has 0 atom stereocenters. The molecule has 2 aromatic rings. The van der Waals surface area contributed by atoms with Gasteiger partial charge in [-0.1, -0.05) is 29.8 Å². The molecule has 0 aliphatic heterocycles. The number of nitrogens with zero attached hydrogens (tertiary/aromatic N) is 1. The highest BCUT2D eigenvalue weighted by atomic mass is 35.5. The predicted molar refractivity (Wildman–Crippen MR) is 73.1 cm³/mol. The number of rotatable bonds is 4. The molecule has 2 nitrogen and oxygen atoms in total. The monoisotopic (exact) mass is 259 g/mol. The second kappa shape index (κ2) is 5.78. The minimum Gasteiger partial charge on any atom is -0.294 e. The minimum absolute atomic E-state index is 0.0996. The van der Waals surface area contributed by atoms with Crippen molar-refractivity contribution in [3.63, 3.8) is 0 Å². The summed E-state index contributed by atoms with van der Waals surface area (Å²) in [6.45, 7) is 1.92. The molecule has 0 spiro atoms. The van der Waals surface area contributed by atoms with Crippen LogP contribution in [0.1, 0.15) is 28.0 Å². The van der Waals surface area contributed by atoms with Crippen molar-refractivity contribution in [3.8, 4) is 0 Å². The van der Waals surface area contributed by atoms with Crippen LogP contribution in [0, 0.1) is 6.92 Å². The number of hydrogen-bond donors (Lipinski definition) is 0. The summed E-state index contributed by atoms with van der Waals surface area (Å²) >= 11 is 6.01. The van der Waals surface area contributed by atoms with Crippen LogP contribution in [0.5, 0.6) is 0 Å². The molecule has 92 valence electrons. The fraction of sp³-hybridized carbons (Fsp3) is 0.200. The Morgan fingerprint density at radius 1 is 1.28 bits per heavy atom. The largest absolute Gasteiger partial charge is 0.294 e. The Morgan fingerprint density at radius 3 is 2.78 bits per heavy atom. The van der Waals surface area contributed by atoms with Gasteiger partial charge in [0, 0.05) is 28.9 Å². The molecule has 1 aromatic heterocycles. The molecule has 0 N–H and O–H groups in total. The highest BCUT2D eigenvalue weighted by molar-refractivity contribution is 6.31. The third-order valence-electron chi connectivity index (χ3n) is 2.83. The molecule has 0 aliphatic carbocycles. The molecule has 0 saturated heterocycles. The van der Waals surface area contributed by atoms with Gasteiger partial charge in [0.1, 0.15) is 0 Å². The van der Waals surface area contributed by atoms with Gasteiger partial charge < -0.3 is 0 Å². The summed E-state index contributed by atoms with van der Waals surface area (Å²) in [5.41, 5.74) is 2.59. The normalized spacial score (nSPS) is 10.3. The lowest BCUT2D eigenvalue weighted by Crippen LogP contribution is -2.02. The number of aromatic nitrogens is 1. The van der Waals surface area contributed by atoms with E-state index in [4.69, 9.17) is 11.6 Å². The van der Waals surface area contributed by atoms with Crippen LogP contribution in [-0.2, 0) is 6.42 Å². The Labute approximate surface area is 112 Å². The van der Waals surface area contributed by atoms with Crippen LogP contribution in [0.3, 0.4) is 0 Å². The van der Waals surface area contributed by atoms with E-state index in [1.807, 2.05) is 37.3 Å². The first-order chi connectivity index (χ1) is 8.66. The second-order valence-corrected chi connectivity index (χ2v) is 4.62. The fourth-order valence-corrected chi connectivity index (χ4v) is 1.88. The van der Waals surface area contributed by atoms with Gasteiger partial charge in [-0.2, -0.15) is 0 Å². The molecule has 0 amide bonds. The van der Waals surface area contributed by atoms with Gasteiger partial charge in [0.05, 0.1) is 0 Å². The van der Waals surface area contributed by atoms with Crippen molar-refractivity contribution in [1.82, 2.24) is 4.98 Å². The van der Waals surface area contributed by atoms with E-state index in [1.165, 1.54) is 0 Å². The molecule has 18 heavy (non-hydrogen) atoms. The zero-order chi connectivity index (χ0) is 13.0. The summed E-state index contributed by atoms with van der Waals surface area (Å²) in [5.74, 6) is 0.0996. The van der Waals surface area contributed by atoms with E-state index in [0.29, 0.717) is 23.4 Å². The number of halogens is 1. The molecule has 2 rings (SSSR count). The number of benzene rings is 1. The van der Waals surface area contributed by atoms with E-state index in [9.17, 15) is 4.79 Å². The first kappa shape index (κ1) is 12.8. The lowest BCUT2D eigenvalue weighted by atomic mass is 10.0. The summed E-state index contributed by atoms with van der Waals surface area (Å²) in [7, 11) is 0. The van der Waals surface area contributed by atoms with Crippen LogP contribution >= 0.6 is 11.6 Å². The van der Waals surface area contributed by atoms with Gasteiger partial charge in [-0.3, -0.25) is 9.78 Å². The predicted octanol–water partition coefficient (Wildman–Crippen LogP) is 3.86. The fourth-order valence-electron chi connectivity index (χ4n) is 1.70. The van der Waals surface area contributed by atoms with Gasteiger partial charge in [0.2, 0.25) is 0 Å². The molecule has 0 aliphatic rings. The standard InChI is InChI=1S/C15H14ClNO/c1-11-5-6-12(10-14(11)16)15(18)8-7-13-4-2-3-9-17-13/h2-6,9-10H,7-8H2,1H3. The van der Waals surface area contributed by atoms with Gasteiger partial charge in [-0.15, -0.1) is 0 Å².